The Balaban J connectivity index is 0.995. The first-order valence-corrected chi connectivity index (χ1v) is 21.5. The number of benzene rings is 8. The van der Waals surface area contributed by atoms with Gasteiger partial charge in [-0.05, 0) is 105 Å². The molecule has 2 heterocycles. The van der Waals surface area contributed by atoms with Crippen molar-refractivity contribution in [2.75, 3.05) is 4.90 Å². The number of aliphatic imine (C=N–C) groups is 1. The summed E-state index contributed by atoms with van der Waals surface area (Å²) < 4.78 is 2.38. The number of hydrogen-bond acceptors (Lipinski definition) is 3. The van der Waals surface area contributed by atoms with E-state index < -0.39 is 0 Å². The number of guanidine groups is 1. The van der Waals surface area contributed by atoms with E-state index in [0.717, 1.165) is 40.7 Å². The van der Waals surface area contributed by atoms with Gasteiger partial charge in [0.15, 0.2) is 0 Å². The molecule has 4 heteroatoms. The predicted molar refractivity (Wildman–Crippen MR) is 260 cm³/mol. The van der Waals surface area contributed by atoms with Crippen molar-refractivity contribution in [2.45, 2.75) is 18.4 Å². The van der Waals surface area contributed by atoms with E-state index >= 15 is 0 Å². The van der Waals surface area contributed by atoms with Gasteiger partial charge in [-0.25, -0.2) is 4.99 Å². The van der Waals surface area contributed by atoms with Crippen molar-refractivity contribution in [3.05, 3.63) is 247 Å². The minimum Gasteiger partial charge on any atom is -0.345 e. The van der Waals surface area contributed by atoms with Gasteiger partial charge in [-0.1, -0.05) is 170 Å². The highest BCUT2D eigenvalue weighted by molar-refractivity contribution is 6.13. The molecular weight excluding hydrogens is 753 g/mol. The molecule has 0 saturated heterocycles. The van der Waals surface area contributed by atoms with Crippen molar-refractivity contribution < 1.29 is 0 Å². The van der Waals surface area contributed by atoms with Gasteiger partial charge in [0.25, 0.3) is 0 Å². The monoisotopic (exact) mass is 794 g/mol. The molecule has 2 unspecified atom stereocenters. The highest BCUT2D eigenvalue weighted by Gasteiger charge is 2.30. The van der Waals surface area contributed by atoms with E-state index in [0.29, 0.717) is 5.92 Å². The first-order chi connectivity index (χ1) is 30.7. The second kappa shape index (κ2) is 14.9. The lowest BCUT2D eigenvalue weighted by atomic mass is 9.85. The Bertz CT molecular complexity index is 3410. The van der Waals surface area contributed by atoms with E-state index in [1.165, 1.54) is 65.6 Å². The second-order valence-corrected chi connectivity index (χ2v) is 16.3. The number of nitrogens with zero attached hydrogens (tertiary/aromatic N) is 3. The number of fused-ring (bicyclic) bond motifs is 6. The molecule has 3 aliphatic rings. The maximum Gasteiger partial charge on any atom is 0.209 e. The quantitative estimate of drug-likeness (QED) is 0.182. The van der Waals surface area contributed by atoms with Crippen LogP contribution in [0.2, 0.25) is 0 Å². The Morgan fingerprint density at radius 2 is 1.27 bits per heavy atom. The van der Waals surface area contributed by atoms with Crippen molar-refractivity contribution in [1.29, 1.82) is 0 Å². The third-order valence-electron chi connectivity index (χ3n) is 12.7. The molecule has 2 atom stereocenters. The van der Waals surface area contributed by atoms with Crippen LogP contribution < -0.4 is 10.2 Å². The third kappa shape index (κ3) is 6.11. The van der Waals surface area contributed by atoms with Crippen molar-refractivity contribution >= 4 is 60.7 Å². The maximum atomic E-state index is 5.58. The van der Waals surface area contributed by atoms with Crippen molar-refractivity contribution in [1.82, 2.24) is 9.88 Å². The summed E-state index contributed by atoms with van der Waals surface area (Å²) >= 11 is 0. The molecule has 4 nitrogen and oxygen atoms in total. The van der Waals surface area contributed by atoms with Crippen LogP contribution in [-0.2, 0) is 0 Å². The van der Waals surface area contributed by atoms with Crippen LogP contribution in [0.3, 0.4) is 0 Å². The fourth-order valence-electron chi connectivity index (χ4n) is 9.81. The molecule has 2 aliphatic carbocycles. The van der Waals surface area contributed by atoms with Crippen molar-refractivity contribution in [3.63, 3.8) is 0 Å². The zero-order chi connectivity index (χ0) is 41.0. The van der Waals surface area contributed by atoms with E-state index in [1.807, 2.05) is 0 Å². The number of para-hydroxylation sites is 3. The number of aromatic nitrogens is 1. The molecule has 0 fully saturated rings. The third-order valence-corrected chi connectivity index (χ3v) is 12.7. The van der Waals surface area contributed by atoms with Crippen LogP contribution in [0, 0.1) is 0 Å². The number of allylic oxidation sites excluding steroid dienone is 5. The summed E-state index contributed by atoms with van der Waals surface area (Å²) in [7, 11) is 0. The van der Waals surface area contributed by atoms with Crippen LogP contribution in [0.5, 0.6) is 0 Å². The van der Waals surface area contributed by atoms with Crippen LogP contribution in [0.1, 0.15) is 17.9 Å². The first-order valence-electron chi connectivity index (χ1n) is 21.5. The largest absolute Gasteiger partial charge is 0.345 e. The Morgan fingerprint density at radius 1 is 0.548 bits per heavy atom. The summed E-state index contributed by atoms with van der Waals surface area (Å²) in [5.41, 5.74) is 12.6. The van der Waals surface area contributed by atoms with Gasteiger partial charge < -0.3 is 9.88 Å². The fourth-order valence-corrected chi connectivity index (χ4v) is 9.81. The van der Waals surface area contributed by atoms with Crippen LogP contribution in [0.4, 0.5) is 11.4 Å². The minimum atomic E-state index is -0.0388. The summed E-state index contributed by atoms with van der Waals surface area (Å²) in [6, 6.07) is 65.7. The van der Waals surface area contributed by atoms with Gasteiger partial charge in [0, 0.05) is 33.6 Å². The van der Waals surface area contributed by atoms with E-state index in [9.17, 15) is 0 Å². The topological polar surface area (TPSA) is 32.6 Å². The van der Waals surface area contributed by atoms with Gasteiger partial charge in [0.1, 0.15) is 0 Å². The predicted octanol–water partition coefficient (Wildman–Crippen LogP) is 14.3. The molecule has 1 aromatic heterocycles. The standard InChI is InChI=1S/C58H42N4/c1-3-19-44(20-4-1)61(58-59-54-28-13-11-26-51(54)57(60-58)41-32-30-40(31-33-41)48-27-15-18-39-16-7-9-23-47(39)48)46-36-42-17-8-10-24-49(42)52(38-46)43-34-35-56-53(37-43)50-25-12-14-29-55(50)62(56)45-21-5-2-6-22-45/h1-30,32-38,40,54H,31H2,(H,59,60). The summed E-state index contributed by atoms with van der Waals surface area (Å²) in [6.45, 7) is 0. The fraction of sp³-hybridized carbons (Fsp3) is 0.0517. The van der Waals surface area contributed by atoms with Crippen molar-refractivity contribution in [2.24, 2.45) is 4.99 Å². The summed E-state index contributed by atoms with van der Waals surface area (Å²) in [4.78, 5) is 7.88. The van der Waals surface area contributed by atoms with E-state index in [1.54, 1.807) is 0 Å². The average molecular weight is 795 g/mol. The number of hydrogen-bond donors (Lipinski definition) is 1. The molecule has 0 radical (unpaired) electrons. The van der Waals surface area contributed by atoms with Crippen LogP contribution in [-0.4, -0.2) is 16.6 Å². The molecule has 1 aliphatic heterocycles. The highest BCUT2D eigenvalue weighted by Crippen LogP contribution is 2.42. The normalized spacial score (nSPS) is 17.0. The van der Waals surface area contributed by atoms with Gasteiger partial charge in [-0.2, -0.15) is 0 Å². The molecule has 62 heavy (non-hydrogen) atoms. The van der Waals surface area contributed by atoms with Gasteiger partial charge in [-0.15, -0.1) is 0 Å². The molecule has 1 N–H and O–H groups in total. The molecule has 0 saturated carbocycles. The molecule has 294 valence electrons. The second-order valence-electron chi connectivity index (χ2n) is 16.3. The lowest BCUT2D eigenvalue weighted by molar-refractivity contribution is 0.793. The SMILES string of the molecule is C1=CC2=C(C3=CCC(c4cccc5ccccc45)C=C3)N=C(N(c3ccccc3)c3cc(-c4ccc5c(c4)c4ccccc4n5-c4ccccc4)c4ccccc4c3)NC2C=C1. The zero-order valence-corrected chi connectivity index (χ0v) is 34.1. The molecule has 8 aromatic carbocycles. The molecular formula is C58H42N4. The number of anilines is 2. The minimum absolute atomic E-state index is 0.0388. The molecule has 12 rings (SSSR count). The first kappa shape index (κ1) is 35.9. The van der Waals surface area contributed by atoms with Gasteiger partial charge in [0.05, 0.1) is 28.5 Å². The van der Waals surface area contributed by atoms with Gasteiger partial charge >= 0.3 is 0 Å². The van der Waals surface area contributed by atoms with Crippen LogP contribution in [0.25, 0.3) is 60.2 Å². The Hall–Kier alpha value is -7.95. The Labute approximate surface area is 361 Å². The maximum absolute atomic E-state index is 5.58. The smallest absolute Gasteiger partial charge is 0.209 e. The summed E-state index contributed by atoms with van der Waals surface area (Å²) in [5, 5.41) is 11.3. The summed E-state index contributed by atoms with van der Waals surface area (Å²) in [5.74, 6) is 1.08. The lowest BCUT2D eigenvalue weighted by Crippen LogP contribution is -2.47. The lowest BCUT2D eigenvalue weighted by Gasteiger charge is -2.35. The van der Waals surface area contributed by atoms with Crippen molar-refractivity contribution in [3.8, 4) is 16.8 Å². The van der Waals surface area contributed by atoms with E-state index in [4.69, 9.17) is 4.99 Å². The van der Waals surface area contributed by atoms with Gasteiger partial charge in [0.2, 0.25) is 5.96 Å². The average Bonchev–Trinajstić information content (AvgIpc) is 3.68. The molecule has 0 bridgehead atoms. The van der Waals surface area contributed by atoms with E-state index in [2.05, 4.69) is 239 Å². The zero-order valence-electron chi connectivity index (χ0n) is 34.1. The van der Waals surface area contributed by atoms with Gasteiger partial charge in [-0.3, -0.25) is 4.90 Å². The molecule has 0 spiro atoms. The highest BCUT2D eigenvalue weighted by atomic mass is 15.3. The van der Waals surface area contributed by atoms with E-state index in [-0.39, 0.29) is 6.04 Å². The molecule has 0 amide bonds. The van der Waals surface area contributed by atoms with Crippen LogP contribution >= 0.6 is 0 Å². The number of rotatable bonds is 6. The van der Waals surface area contributed by atoms with Crippen LogP contribution in [0.15, 0.2) is 246 Å². The Morgan fingerprint density at radius 3 is 2.11 bits per heavy atom. The summed E-state index contributed by atoms with van der Waals surface area (Å²) in [6.07, 6.45) is 16.7. The Kier molecular flexibility index (Phi) is 8.67. The number of nitrogens with one attached hydrogen (secondary N) is 1. The molecule has 9 aromatic rings.